The number of nitrogens with one attached hydrogen (secondary N) is 1. The third-order valence-corrected chi connectivity index (χ3v) is 5.40. The monoisotopic (exact) mass is 418 g/mol. The lowest BCUT2D eigenvalue weighted by Crippen LogP contribution is -2.35. The average molecular weight is 418 g/mol. The van der Waals surface area contributed by atoms with Crippen LogP contribution in [0.5, 0.6) is 0 Å². The third-order valence-electron chi connectivity index (χ3n) is 5.40. The number of carbonyl (C=O) groups is 1. The van der Waals surface area contributed by atoms with E-state index in [1.54, 1.807) is 61.2 Å². The predicted octanol–water partition coefficient (Wildman–Crippen LogP) is 1.82. The van der Waals surface area contributed by atoms with Crippen molar-refractivity contribution >= 4 is 23.2 Å². The van der Waals surface area contributed by atoms with E-state index in [1.807, 2.05) is 10.6 Å². The topological polar surface area (TPSA) is 113 Å². The van der Waals surface area contributed by atoms with Gasteiger partial charge < -0.3 is 19.9 Å². The van der Waals surface area contributed by atoms with Gasteiger partial charge in [-0.05, 0) is 31.5 Å². The van der Waals surface area contributed by atoms with Crippen molar-refractivity contribution in [3.63, 3.8) is 0 Å². The summed E-state index contributed by atoms with van der Waals surface area (Å²) in [6.45, 7) is 5.53. The van der Waals surface area contributed by atoms with Gasteiger partial charge in [0, 0.05) is 30.8 Å². The molecule has 4 aromatic rings. The van der Waals surface area contributed by atoms with Gasteiger partial charge in [0.2, 0.25) is 0 Å². The predicted molar refractivity (Wildman–Crippen MR) is 114 cm³/mol. The van der Waals surface area contributed by atoms with E-state index in [1.165, 1.54) is 0 Å². The van der Waals surface area contributed by atoms with Crippen LogP contribution >= 0.6 is 0 Å². The Morgan fingerprint density at radius 1 is 1.16 bits per heavy atom. The molecule has 0 aliphatic carbocycles. The zero-order valence-corrected chi connectivity index (χ0v) is 17.2. The van der Waals surface area contributed by atoms with Gasteiger partial charge in [-0.2, -0.15) is 9.61 Å². The number of nitrogens with zero attached hydrogens (tertiary/aromatic N) is 7. The number of benzene rings is 1. The van der Waals surface area contributed by atoms with Crippen LogP contribution in [-0.4, -0.2) is 46.9 Å². The Kier molecular flexibility index (Phi) is 4.44. The van der Waals surface area contributed by atoms with Gasteiger partial charge in [0.1, 0.15) is 18.0 Å². The molecular weight excluding hydrogens is 396 g/mol. The summed E-state index contributed by atoms with van der Waals surface area (Å²) in [5.41, 5.74) is 0.896. The molecular formula is C21H22N8O2. The van der Waals surface area contributed by atoms with Gasteiger partial charge in [0.25, 0.3) is 5.91 Å². The lowest BCUT2D eigenvalue weighted by molar-refractivity contribution is 0.0785. The van der Waals surface area contributed by atoms with Gasteiger partial charge in [-0.1, -0.05) is 12.1 Å². The highest BCUT2D eigenvalue weighted by Crippen LogP contribution is 2.24. The molecule has 5 rings (SSSR count). The molecule has 4 heterocycles. The zero-order valence-electron chi connectivity index (χ0n) is 17.2. The van der Waals surface area contributed by atoms with E-state index in [4.69, 9.17) is 0 Å². The number of anilines is 2. The maximum atomic E-state index is 12.8. The molecule has 1 aliphatic heterocycles. The lowest BCUT2D eigenvalue weighted by atomic mass is 9.97. The zero-order chi connectivity index (χ0) is 21.6. The normalized spacial score (nSPS) is 14.0. The van der Waals surface area contributed by atoms with E-state index in [0.29, 0.717) is 23.6 Å². The number of hydrogen-bond donors (Lipinski definition) is 2. The summed E-state index contributed by atoms with van der Waals surface area (Å²) in [5, 5.41) is 25.5. The summed E-state index contributed by atoms with van der Waals surface area (Å²) in [6, 6.07) is 10.5. The molecule has 10 heteroatoms. The third kappa shape index (κ3) is 3.61. The molecule has 0 bridgehead atoms. The maximum absolute atomic E-state index is 12.8. The van der Waals surface area contributed by atoms with Crippen LogP contribution in [0.15, 0.2) is 48.9 Å². The van der Waals surface area contributed by atoms with Gasteiger partial charge in [-0.15, -0.1) is 10.2 Å². The smallest absolute Gasteiger partial charge is 0.256 e. The number of fused-ring (bicyclic) bond motifs is 2. The minimum absolute atomic E-state index is 0.275. The molecule has 1 aliphatic rings. The Bertz CT molecular complexity index is 1250. The van der Waals surface area contributed by atoms with Gasteiger partial charge in [0.15, 0.2) is 11.5 Å². The van der Waals surface area contributed by atoms with Crippen LogP contribution in [0, 0.1) is 0 Å². The Balaban J connectivity index is 1.42. The molecule has 2 N–H and O–H groups in total. The number of amides is 1. The van der Waals surface area contributed by atoms with Crippen molar-refractivity contribution in [1.82, 2.24) is 29.4 Å². The van der Waals surface area contributed by atoms with Crippen LogP contribution in [0.4, 0.5) is 11.6 Å². The number of hydrogen-bond acceptors (Lipinski definition) is 7. The number of aromatic nitrogens is 6. The molecule has 0 atom stereocenters. The fourth-order valence-corrected chi connectivity index (χ4v) is 3.67. The first-order chi connectivity index (χ1) is 14.9. The number of rotatable bonds is 4. The highest BCUT2D eigenvalue weighted by atomic mass is 16.3. The Labute approximate surface area is 178 Å². The molecule has 0 spiro atoms. The Morgan fingerprint density at radius 2 is 1.97 bits per heavy atom. The number of carbonyl (C=O) groups excluding carboxylic acids is 1. The maximum Gasteiger partial charge on any atom is 0.256 e. The van der Waals surface area contributed by atoms with Gasteiger partial charge >= 0.3 is 0 Å². The minimum Gasteiger partial charge on any atom is -0.386 e. The molecule has 0 saturated carbocycles. The first-order valence-electron chi connectivity index (χ1n) is 9.99. The summed E-state index contributed by atoms with van der Waals surface area (Å²) < 4.78 is 3.78. The van der Waals surface area contributed by atoms with E-state index in [9.17, 15) is 9.90 Å². The molecule has 3 aromatic heterocycles. The van der Waals surface area contributed by atoms with Crippen molar-refractivity contribution in [1.29, 1.82) is 0 Å². The first kappa shape index (κ1) is 19.2. The van der Waals surface area contributed by atoms with Crippen molar-refractivity contribution in [2.45, 2.75) is 32.5 Å². The average Bonchev–Trinajstić information content (AvgIpc) is 3.41. The fourth-order valence-electron chi connectivity index (χ4n) is 3.67. The Morgan fingerprint density at radius 3 is 2.74 bits per heavy atom. The summed E-state index contributed by atoms with van der Waals surface area (Å²) in [4.78, 5) is 19.4. The molecule has 0 unspecified atom stereocenters. The lowest BCUT2D eigenvalue weighted by Gasteiger charge is -2.29. The molecule has 0 radical (unpaired) electrons. The summed E-state index contributed by atoms with van der Waals surface area (Å²) in [5.74, 6) is 1.85. The molecule has 1 aromatic carbocycles. The van der Waals surface area contributed by atoms with Gasteiger partial charge in [-0.25, -0.2) is 4.98 Å². The number of aliphatic hydroxyl groups is 1. The van der Waals surface area contributed by atoms with Crippen LogP contribution in [0.3, 0.4) is 0 Å². The molecule has 158 valence electrons. The quantitative estimate of drug-likeness (QED) is 0.520. The highest BCUT2D eigenvalue weighted by Gasteiger charge is 2.22. The van der Waals surface area contributed by atoms with Crippen LogP contribution < -0.4 is 10.2 Å². The molecule has 10 nitrogen and oxygen atoms in total. The standard InChI is InChI=1S/C21H22N8O2/c1-21(2,31)15-5-3-14(4-6-15)20(30)25-16-11-19(29-17(24-16)7-8-23-29)27-9-10-28-13-22-26-18(28)12-27/h3-8,11,13,31H,9-10,12H2,1-2H3,(H,24,25,30). The van der Waals surface area contributed by atoms with Crippen LogP contribution in [-0.2, 0) is 18.7 Å². The summed E-state index contributed by atoms with van der Waals surface area (Å²) >= 11 is 0. The summed E-state index contributed by atoms with van der Waals surface area (Å²) in [6.07, 6.45) is 3.41. The molecule has 0 fully saturated rings. The SMILES string of the molecule is CC(C)(O)c1ccc(C(=O)Nc2cc(N3CCn4cnnc4C3)n3nccc3n2)cc1. The highest BCUT2D eigenvalue weighted by molar-refractivity contribution is 6.04. The van der Waals surface area contributed by atoms with Crippen LogP contribution in [0.1, 0.15) is 35.6 Å². The van der Waals surface area contributed by atoms with Crippen molar-refractivity contribution in [3.05, 3.63) is 65.9 Å². The molecule has 0 saturated heterocycles. The van der Waals surface area contributed by atoms with Crippen molar-refractivity contribution < 1.29 is 9.90 Å². The van der Waals surface area contributed by atoms with Gasteiger partial charge in [-0.3, -0.25) is 4.79 Å². The summed E-state index contributed by atoms with van der Waals surface area (Å²) in [7, 11) is 0. The van der Waals surface area contributed by atoms with E-state index < -0.39 is 5.60 Å². The second-order valence-electron chi connectivity index (χ2n) is 8.05. The molecule has 31 heavy (non-hydrogen) atoms. The van der Waals surface area contributed by atoms with E-state index in [2.05, 4.69) is 30.5 Å². The van der Waals surface area contributed by atoms with E-state index in [0.717, 1.165) is 30.3 Å². The molecule has 1 amide bonds. The van der Waals surface area contributed by atoms with Crippen molar-refractivity contribution in [2.75, 3.05) is 16.8 Å². The van der Waals surface area contributed by atoms with E-state index in [-0.39, 0.29) is 5.91 Å². The second kappa shape index (κ2) is 7.17. The Hall–Kier alpha value is -3.79. The first-order valence-corrected chi connectivity index (χ1v) is 9.99. The largest absolute Gasteiger partial charge is 0.386 e. The second-order valence-corrected chi connectivity index (χ2v) is 8.05. The fraction of sp³-hybridized carbons (Fsp3) is 0.286. The van der Waals surface area contributed by atoms with Crippen LogP contribution in [0.2, 0.25) is 0 Å². The van der Waals surface area contributed by atoms with Gasteiger partial charge in [0.05, 0.1) is 18.3 Å². The van der Waals surface area contributed by atoms with E-state index >= 15 is 0 Å². The van der Waals surface area contributed by atoms with Crippen LogP contribution in [0.25, 0.3) is 5.65 Å². The minimum atomic E-state index is -0.961. The van der Waals surface area contributed by atoms with Crippen molar-refractivity contribution in [2.24, 2.45) is 0 Å². The van der Waals surface area contributed by atoms with Crippen molar-refractivity contribution in [3.8, 4) is 0 Å².